The zero-order chi connectivity index (χ0) is 15.6. The van der Waals surface area contributed by atoms with E-state index in [2.05, 4.69) is 4.72 Å². The summed E-state index contributed by atoms with van der Waals surface area (Å²) in [6, 6.07) is 1.72. The lowest BCUT2D eigenvalue weighted by Gasteiger charge is -2.31. The average molecular weight is 330 g/mol. The van der Waals surface area contributed by atoms with Gasteiger partial charge in [0.15, 0.2) is 0 Å². The van der Waals surface area contributed by atoms with Gasteiger partial charge in [0.1, 0.15) is 4.21 Å². The summed E-state index contributed by atoms with van der Waals surface area (Å²) in [5.41, 5.74) is 1.01. The summed E-state index contributed by atoms with van der Waals surface area (Å²) in [5.74, 6) is 0.399. The van der Waals surface area contributed by atoms with Crippen molar-refractivity contribution in [2.75, 3.05) is 19.6 Å². The number of hydrogen-bond donors (Lipinski definition) is 1. The molecule has 0 atom stereocenters. The molecule has 1 aliphatic rings. The predicted octanol–water partition coefficient (Wildman–Crippen LogP) is 1.90. The van der Waals surface area contributed by atoms with Crippen LogP contribution in [0.15, 0.2) is 10.3 Å². The number of nitrogens with zero attached hydrogens (tertiary/aromatic N) is 1. The van der Waals surface area contributed by atoms with Crippen LogP contribution in [0.5, 0.6) is 0 Å². The first kappa shape index (κ1) is 16.5. The number of carbonyl (C=O) groups excluding carboxylic acids is 1. The molecule has 7 heteroatoms. The van der Waals surface area contributed by atoms with E-state index in [4.69, 9.17) is 0 Å². The van der Waals surface area contributed by atoms with Crippen LogP contribution in [0, 0.1) is 19.8 Å². The minimum Gasteiger partial charge on any atom is -0.343 e. The molecule has 1 fully saturated rings. The van der Waals surface area contributed by atoms with Crippen LogP contribution >= 0.6 is 11.3 Å². The Hall–Kier alpha value is -0.920. The van der Waals surface area contributed by atoms with Gasteiger partial charge in [0.2, 0.25) is 15.9 Å². The lowest BCUT2D eigenvalue weighted by Crippen LogP contribution is -2.40. The van der Waals surface area contributed by atoms with E-state index in [0.29, 0.717) is 16.7 Å². The van der Waals surface area contributed by atoms with Gasteiger partial charge >= 0.3 is 0 Å². The second kappa shape index (κ2) is 6.46. The topological polar surface area (TPSA) is 66.5 Å². The Kier molecular flexibility index (Phi) is 5.06. The molecule has 1 aromatic rings. The van der Waals surface area contributed by atoms with Crippen molar-refractivity contribution >= 4 is 27.3 Å². The Bertz CT molecular complexity index is 595. The summed E-state index contributed by atoms with van der Waals surface area (Å²) < 4.78 is 27.6. The highest BCUT2D eigenvalue weighted by Gasteiger charge is 2.23. The van der Waals surface area contributed by atoms with Crippen molar-refractivity contribution < 1.29 is 13.2 Å². The minimum atomic E-state index is -3.40. The standard InChI is InChI=1S/C14H22N2O3S2/c1-10-8-14(20-11(10)2)21(18,19)15-9-13-4-6-16(7-5-13)12(3)17/h8,13,15H,4-7,9H2,1-3H3. The molecule has 0 aromatic carbocycles. The Morgan fingerprint density at radius 3 is 2.48 bits per heavy atom. The Morgan fingerprint density at radius 2 is 2.00 bits per heavy atom. The van der Waals surface area contributed by atoms with Crippen molar-refractivity contribution in [3.63, 3.8) is 0 Å². The molecule has 0 unspecified atom stereocenters. The van der Waals surface area contributed by atoms with E-state index >= 15 is 0 Å². The van der Waals surface area contributed by atoms with Crippen molar-refractivity contribution in [3.8, 4) is 0 Å². The van der Waals surface area contributed by atoms with E-state index in [9.17, 15) is 13.2 Å². The molecule has 21 heavy (non-hydrogen) atoms. The largest absolute Gasteiger partial charge is 0.343 e. The van der Waals surface area contributed by atoms with Crippen molar-refractivity contribution in [2.45, 2.75) is 37.8 Å². The number of piperidine rings is 1. The maximum atomic E-state index is 12.2. The van der Waals surface area contributed by atoms with Gasteiger partial charge in [-0.25, -0.2) is 13.1 Å². The molecule has 0 radical (unpaired) electrons. The fraction of sp³-hybridized carbons (Fsp3) is 0.643. The maximum Gasteiger partial charge on any atom is 0.250 e. The number of carbonyl (C=O) groups is 1. The van der Waals surface area contributed by atoms with Crippen molar-refractivity contribution in [3.05, 3.63) is 16.5 Å². The molecule has 0 aliphatic carbocycles. The zero-order valence-corrected chi connectivity index (χ0v) is 14.3. The van der Waals surface area contributed by atoms with E-state index in [0.717, 1.165) is 36.4 Å². The van der Waals surface area contributed by atoms with Crippen LogP contribution in [-0.4, -0.2) is 38.9 Å². The monoisotopic (exact) mass is 330 g/mol. The van der Waals surface area contributed by atoms with Crippen LogP contribution in [0.4, 0.5) is 0 Å². The second-order valence-corrected chi connectivity index (χ2v) is 8.86. The highest BCUT2D eigenvalue weighted by Crippen LogP contribution is 2.25. The summed E-state index contributed by atoms with van der Waals surface area (Å²) in [4.78, 5) is 14.1. The van der Waals surface area contributed by atoms with Gasteiger partial charge in [-0.05, 0) is 44.2 Å². The molecule has 1 amide bonds. The molecule has 5 nitrogen and oxygen atoms in total. The molecular formula is C14H22N2O3S2. The first-order valence-corrected chi connectivity index (χ1v) is 9.42. The Balaban J connectivity index is 1.90. The lowest BCUT2D eigenvalue weighted by molar-refractivity contribution is -0.130. The lowest BCUT2D eigenvalue weighted by atomic mass is 9.97. The van der Waals surface area contributed by atoms with E-state index in [1.807, 2.05) is 18.7 Å². The van der Waals surface area contributed by atoms with Crippen LogP contribution in [0.3, 0.4) is 0 Å². The molecule has 118 valence electrons. The van der Waals surface area contributed by atoms with E-state index in [1.165, 1.54) is 11.3 Å². The van der Waals surface area contributed by atoms with Crippen LogP contribution < -0.4 is 4.72 Å². The number of nitrogens with one attached hydrogen (secondary N) is 1. The molecule has 0 bridgehead atoms. The third-order valence-corrected chi connectivity index (χ3v) is 7.08. The van der Waals surface area contributed by atoms with Gasteiger partial charge < -0.3 is 4.90 Å². The predicted molar refractivity (Wildman–Crippen MR) is 84.0 cm³/mol. The highest BCUT2D eigenvalue weighted by atomic mass is 32.2. The number of hydrogen-bond acceptors (Lipinski definition) is 4. The normalized spacial score (nSPS) is 17.2. The Labute approximate surface area is 130 Å². The second-order valence-electron chi connectivity index (χ2n) is 5.61. The van der Waals surface area contributed by atoms with Crippen LogP contribution in [0.2, 0.25) is 0 Å². The summed E-state index contributed by atoms with van der Waals surface area (Å²) >= 11 is 1.31. The molecule has 1 aromatic heterocycles. The molecule has 1 N–H and O–H groups in total. The SMILES string of the molecule is CC(=O)N1CCC(CNS(=O)(=O)c2cc(C)c(C)s2)CC1. The van der Waals surface area contributed by atoms with Crippen molar-refractivity contribution in [2.24, 2.45) is 5.92 Å². The summed E-state index contributed by atoms with van der Waals surface area (Å²) in [6.07, 6.45) is 1.70. The van der Waals surface area contributed by atoms with Gasteiger partial charge in [-0.3, -0.25) is 4.79 Å². The van der Waals surface area contributed by atoms with Crippen LogP contribution in [0.1, 0.15) is 30.2 Å². The smallest absolute Gasteiger partial charge is 0.250 e. The molecule has 0 saturated carbocycles. The molecule has 1 saturated heterocycles. The van der Waals surface area contributed by atoms with Gasteiger partial charge in [0, 0.05) is 31.4 Å². The van der Waals surface area contributed by atoms with E-state index < -0.39 is 10.0 Å². The molecule has 2 rings (SSSR count). The number of sulfonamides is 1. The number of thiophene rings is 1. The number of aryl methyl sites for hydroxylation is 2. The third-order valence-electron chi connectivity index (χ3n) is 4.03. The fourth-order valence-electron chi connectivity index (χ4n) is 2.42. The van der Waals surface area contributed by atoms with Gasteiger partial charge in [-0.2, -0.15) is 0 Å². The first-order chi connectivity index (χ1) is 9.79. The zero-order valence-electron chi connectivity index (χ0n) is 12.7. The number of rotatable bonds is 4. The highest BCUT2D eigenvalue weighted by molar-refractivity contribution is 7.91. The van der Waals surface area contributed by atoms with Gasteiger partial charge in [0.05, 0.1) is 0 Å². The van der Waals surface area contributed by atoms with E-state index in [-0.39, 0.29) is 5.91 Å². The average Bonchev–Trinajstić information content (AvgIpc) is 2.78. The number of likely N-dealkylation sites (tertiary alicyclic amines) is 1. The maximum absolute atomic E-state index is 12.2. The van der Waals surface area contributed by atoms with Crippen LogP contribution in [0.25, 0.3) is 0 Å². The summed E-state index contributed by atoms with van der Waals surface area (Å²) in [6.45, 7) is 7.31. The minimum absolute atomic E-state index is 0.0959. The molecule has 0 spiro atoms. The van der Waals surface area contributed by atoms with Crippen LogP contribution in [-0.2, 0) is 14.8 Å². The number of amides is 1. The van der Waals surface area contributed by atoms with Gasteiger partial charge in [-0.15, -0.1) is 11.3 Å². The van der Waals surface area contributed by atoms with E-state index in [1.54, 1.807) is 13.0 Å². The third kappa shape index (κ3) is 4.05. The van der Waals surface area contributed by atoms with Crippen molar-refractivity contribution in [1.82, 2.24) is 9.62 Å². The molecule has 1 aliphatic heterocycles. The molecular weight excluding hydrogens is 308 g/mol. The Morgan fingerprint density at radius 1 is 1.38 bits per heavy atom. The van der Waals surface area contributed by atoms with Gasteiger partial charge in [-0.1, -0.05) is 0 Å². The molecule has 2 heterocycles. The fourth-order valence-corrected chi connectivity index (χ4v) is 5.10. The van der Waals surface area contributed by atoms with Gasteiger partial charge in [0.25, 0.3) is 0 Å². The van der Waals surface area contributed by atoms with Crippen molar-refractivity contribution in [1.29, 1.82) is 0 Å². The first-order valence-electron chi connectivity index (χ1n) is 7.12. The quantitative estimate of drug-likeness (QED) is 0.917. The summed E-state index contributed by atoms with van der Waals surface area (Å²) in [5, 5.41) is 0. The summed E-state index contributed by atoms with van der Waals surface area (Å²) in [7, 11) is -3.40.